The molecule has 1 aliphatic carbocycles. The van der Waals surface area contributed by atoms with E-state index in [0.717, 1.165) is 30.3 Å². The van der Waals surface area contributed by atoms with Gasteiger partial charge in [0.15, 0.2) is 0 Å². The molecule has 4 atom stereocenters. The number of pyridine rings is 2. The van der Waals surface area contributed by atoms with E-state index in [0.29, 0.717) is 12.0 Å². The van der Waals surface area contributed by atoms with E-state index in [1.165, 1.54) is 12.4 Å². The molecule has 4 N–H and O–H groups in total. The first kappa shape index (κ1) is 27.2. The van der Waals surface area contributed by atoms with Crippen LogP contribution >= 0.6 is 0 Å². The number of aliphatic hydroxyl groups excluding tert-OH is 1. The minimum absolute atomic E-state index is 0.0987. The molecule has 0 spiro atoms. The first-order chi connectivity index (χ1) is 18.0. The van der Waals surface area contributed by atoms with Gasteiger partial charge in [-0.3, -0.25) is 14.6 Å². The molecule has 200 valence electrons. The second kappa shape index (κ2) is 10.9. The smallest absolute Gasteiger partial charge is 0.303 e. The molecule has 1 aliphatic rings. The van der Waals surface area contributed by atoms with E-state index in [2.05, 4.69) is 15.3 Å². The van der Waals surface area contributed by atoms with Gasteiger partial charge in [0.1, 0.15) is 28.8 Å². The molecule has 8 nitrogen and oxygen atoms in total. The molecule has 1 saturated carbocycles. The molecular weight excluding hydrogens is 503 g/mol. The summed E-state index contributed by atoms with van der Waals surface area (Å²) >= 11 is 0. The number of benzene rings is 1. The molecule has 2 heterocycles. The highest BCUT2D eigenvalue weighted by Crippen LogP contribution is 2.45. The number of anilines is 1. The number of nitrogens with one attached hydrogen (secondary N) is 1. The maximum Gasteiger partial charge on any atom is 0.303 e. The van der Waals surface area contributed by atoms with Gasteiger partial charge in [-0.2, -0.15) is 0 Å². The molecule has 3 aromatic rings. The molecule has 1 amide bonds. The predicted molar refractivity (Wildman–Crippen MR) is 131 cm³/mol. The third kappa shape index (κ3) is 5.39. The van der Waals surface area contributed by atoms with Crippen LogP contribution in [0.15, 0.2) is 48.8 Å². The zero-order chi connectivity index (χ0) is 27.6. The number of aliphatic hydroxyl groups is 2. The zero-order valence-corrected chi connectivity index (χ0v) is 20.4. The lowest BCUT2D eigenvalue weighted by Gasteiger charge is -2.45. The lowest BCUT2D eigenvalue weighted by atomic mass is 9.66. The maximum absolute atomic E-state index is 14.4. The second-order valence-electron chi connectivity index (χ2n) is 9.51. The van der Waals surface area contributed by atoms with Gasteiger partial charge >= 0.3 is 5.97 Å². The first-order valence-corrected chi connectivity index (χ1v) is 12.0. The molecule has 0 radical (unpaired) electrons. The molecule has 0 bridgehead atoms. The van der Waals surface area contributed by atoms with Gasteiger partial charge in [-0.25, -0.2) is 18.2 Å². The number of aromatic nitrogens is 2. The Morgan fingerprint density at radius 3 is 2.45 bits per heavy atom. The van der Waals surface area contributed by atoms with Gasteiger partial charge in [0.2, 0.25) is 0 Å². The van der Waals surface area contributed by atoms with Crippen LogP contribution in [0.4, 0.5) is 18.9 Å². The summed E-state index contributed by atoms with van der Waals surface area (Å²) in [6, 6.07) is 6.66. The number of carboxylic acid groups (broad SMARTS) is 1. The van der Waals surface area contributed by atoms with Crippen molar-refractivity contribution in [2.75, 3.05) is 5.32 Å². The SMILES string of the molecule is C[C@H]1C[C@@H](c2ccncc2NC(=O)c2ccc(F)c(-c3c(F)cccc3F)n2)C[C@@H](O)[C@]1(O)CCC(=O)O. The minimum Gasteiger partial charge on any atom is -0.481 e. The number of halogens is 3. The molecule has 4 rings (SSSR count). The third-order valence-corrected chi connectivity index (χ3v) is 7.14. The highest BCUT2D eigenvalue weighted by molar-refractivity contribution is 6.03. The Labute approximate surface area is 216 Å². The third-order valence-electron chi connectivity index (χ3n) is 7.14. The average molecular weight is 530 g/mol. The van der Waals surface area contributed by atoms with Crippen molar-refractivity contribution >= 4 is 17.6 Å². The van der Waals surface area contributed by atoms with Crippen molar-refractivity contribution in [1.82, 2.24) is 9.97 Å². The number of carbonyl (C=O) groups excluding carboxylic acids is 1. The number of carboxylic acids is 1. The standard InChI is InChI=1S/C27H26F3N3O5/c1-14-11-15(12-22(34)27(14,38)9-7-23(35)36)16-8-10-31-13-21(16)33-26(37)20-6-5-19(30)25(32-20)24-17(28)3-2-4-18(24)29/h2-6,8,10,13-15,22,34,38H,7,9,11-12H2,1H3,(H,33,37)(H,35,36)/t14-,15+,22+,27-/m0/s1. The van der Waals surface area contributed by atoms with Gasteiger partial charge in [-0.15, -0.1) is 0 Å². The fraction of sp³-hybridized carbons (Fsp3) is 0.333. The van der Waals surface area contributed by atoms with Crippen LogP contribution in [-0.2, 0) is 4.79 Å². The Bertz CT molecular complexity index is 1340. The van der Waals surface area contributed by atoms with Crippen LogP contribution in [0.1, 0.15) is 54.6 Å². The van der Waals surface area contributed by atoms with Crippen molar-refractivity contribution in [2.24, 2.45) is 5.92 Å². The summed E-state index contributed by atoms with van der Waals surface area (Å²) in [6.07, 6.45) is 1.80. The first-order valence-electron chi connectivity index (χ1n) is 12.0. The molecular formula is C27H26F3N3O5. The molecule has 0 aliphatic heterocycles. The van der Waals surface area contributed by atoms with Crippen LogP contribution < -0.4 is 5.32 Å². The Hall–Kier alpha value is -3.83. The zero-order valence-electron chi connectivity index (χ0n) is 20.4. The maximum atomic E-state index is 14.4. The van der Waals surface area contributed by atoms with Crippen LogP contribution in [0, 0.1) is 23.4 Å². The lowest BCUT2D eigenvalue weighted by Crippen LogP contribution is -2.52. The van der Waals surface area contributed by atoms with Gasteiger partial charge in [-0.1, -0.05) is 13.0 Å². The number of hydrogen-bond donors (Lipinski definition) is 4. The molecule has 0 unspecified atom stereocenters. The second-order valence-corrected chi connectivity index (χ2v) is 9.51. The van der Waals surface area contributed by atoms with Crippen molar-refractivity contribution in [3.8, 4) is 11.3 Å². The number of hydrogen-bond acceptors (Lipinski definition) is 6. The highest BCUT2D eigenvalue weighted by Gasteiger charge is 2.47. The summed E-state index contributed by atoms with van der Waals surface area (Å²) in [5.74, 6) is -5.69. The Morgan fingerprint density at radius 2 is 1.79 bits per heavy atom. The number of amides is 1. The van der Waals surface area contributed by atoms with E-state index in [4.69, 9.17) is 5.11 Å². The van der Waals surface area contributed by atoms with Crippen molar-refractivity contribution in [3.05, 3.63) is 77.5 Å². The van der Waals surface area contributed by atoms with Crippen molar-refractivity contribution < 1.29 is 38.1 Å². The normalized spacial score (nSPS) is 23.2. The van der Waals surface area contributed by atoms with E-state index in [-0.39, 0.29) is 36.6 Å². The quantitative estimate of drug-likeness (QED) is 0.359. The fourth-order valence-corrected chi connectivity index (χ4v) is 5.02. The summed E-state index contributed by atoms with van der Waals surface area (Å²) in [5, 5.41) is 33.4. The number of nitrogens with zero attached hydrogens (tertiary/aromatic N) is 2. The topological polar surface area (TPSA) is 133 Å². The summed E-state index contributed by atoms with van der Waals surface area (Å²) in [5.41, 5.74) is -2.31. The predicted octanol–water partition coefficient (Wildman–Crippen LogP) is 4.28. The van der Waals surface area contributed by atoms with E-state index < -0.39 is 58.2 Å². The molecule has 38 heavy (non-hydrogen) atoms. The van der Waals surface area contributed by atoms with E-state index in [1.807, 2.05) is 0 Å². The van der Waals surface area contributed by atoms with Gasteiger partial charge in [0.25, 0.3) is 5.91 Å². The largest absolute Gasteiger partial charge is 0.481 e. The molecule has 1 fully saturated rings. The molecule has 2 aromatic heterocycles. The van der Waals surface area contributed by atoms with Crippen molar-refractivity contribution in [3.63, 3.8) is 0 Å². The Morgan fingerprint density at radius 1 is 1.08 bits per heavy atom. The van der Waals surface area contributed by atoms with Gasteiger partial charge in [0, 0.05) is 12.6 Å². The Balaban J connectivity index is 1.58. The van der Waals surface area contributed by atoms with Crippen LogP contribution in [0.3, 0.4) is 0 Å². The highest BCUT2D eigenvalue weighted by atomic mass is 19.1. The fourth-order valence-electron chi connectivity index (χ4n) is 5.02. The van der Waals surface area contributed by atoms with Gasteiger partial charge in [0.05, 0.1) is 29.2 Å². The van der Waals surface area contributed by atoms with Crippen molar-refractivity contribution in [2.45, 2.75) is 50.2 Å². The van der Waals surface area contributed by atoms with Crippen LogP contribution in [0.25, 0.3) is 11.3 Å². The van der Waals surface area contributed by atoms with Gasteiger partial charge < -0.3 is 20.6 Å². The summed E-state index contributed by atoms with van der Waals surface area (Å²) < 4.78 is 42.9. The van der Waals surface area contributed by atoms with E-state index in [9.17, 15) is 33.0 Å². The minimum atomic E-state index is -1.57. The monoisotopic (exact) mass is 529 g/mol. The van der Waals surface area contributed by atoms with Gasteiger partial charge in [-0.05, 0) is 67.0 Å². The average Bonchev–Trinajstić information content (AvgIpc) is 2.87. The van der Waals surface area contributed by atoms with E-state index >= 15 is 0 Å². The number of aliphatic carboxylic acids is 1. The van der Waals surface area contributed by atoms with E-state index in [1.54, 1.807) is 13.0 Å². The molecule has 11 heteroatoms. The summed E-state index contributed by atoms with van der Waals surface area (Å²) in [7, 11) is 0. The summed E-state index contributed by atoms with van der Waals surface area (Å²) in [4.78, 5) is 31.9. The van der Waals surface area contributed by atoms with Crippen LogP contribution in [0.5, 0.6) is 0 Å². The Kier molecular flexibility index (Phi) is 7.79. The summed E-state index contributed by atoms with van der Waals surface area (Å²) in [6.45, 7) is 1.72. The van der Waals surface area contributed by atoms with Crippen LogP contribution in [0.2, 0.25) is 0 Å². The number of rotatable bonds is 7. The van der Waals surface area contributed by atoms with Crippen LogP contribution in [-0.4, -0.2) is 48.9 Å². The van der Waals surface area contributed by atoms with Crippen molar-refractivity contribution in [1.29, 1.82) is 0 Å². The molecule has 0 saturated heterocycles. The molecule has 1 aromatic carbocycles. The lowest BCUT2D eigenvalue weighted by molar-refractivity contribution is -0.152. The number of carbonyl (C=O) groups is 2.